The van der Waals surface area contributed by atoms with Crippen LogP contribution in [0.2, 0.25) is 0 Å². The van der Waals surface area contributed by atoms with Crippen LogP contribution in [0.3, 0.4) is 0 Å². The van der Waals surface area contributed by atoms with Crippen molar-refractivity contribution in [2.45, 2.75) is 45.1 Å². The Morgan fingerprint density at radius 1 is 1.25 bits per heavy atom. The lowest BCUT2D eigenvalue weighted by Crippen LogP contribution is -2.23. The van der Waals surface area contributed by atoms with Gasteiger partial charge in [-0.05, 0) is 43.7 Å². The topological polar surface area (TPSA) is 9.23 Å². The molecule has 0 unspecified atom stereocenters. The maximum absolute atomic E-state index is 13.5. The Bertz CT molecular complexity index is 495. The number of benzene rings is 1. The summed E-state index contributed by atoms with van der Waals surface area (Å²) < 4.78 is 19.5. The van der Waals surface area contributed by atoms with Gasteiger partial charge in [-0.2, -0.15) is 0 Å². The molecule has 0 saturated heterocycles. The third-order valence-corrected chi connectivity index (χ3v) is 3.98. The summed E-state index contributed by atoms with van der Waals surface area (Å²) in [5, 5.41) is 0. The number of hydrogen-bond donors (Lipinski definition) is 0. The Hall–Kier alpha value is -1.20. The van der Waals surface area contributed by atoms with E-state index in [1.54, 1.807) is 6.07 Å². The van der Waals surface area contributed by atoms with Gasteiger partial charge in [0.1, 0.15) is 11.6 Å². The highest BCUT2D eigenvalue weighted by atomic mass is 35.5. The van der Waals surface area contributed by atoms with Crippen LogP contribution in [0.25, 0.3) is 0 Å². The Kier molecular flexibility index (Phi) is 5.73. The van der Waals surface area contributed by atoms with Crippen LogP contribution in [0.15, 0.2) is 18.2 Å². The van der Waals surface area contributed by atoms with Gasteiger partial charge in [0, 0.05) is 11.6 Å². The van der Waals surface area contributed by atoms with Crippen LogP contribution in [-0.4, -0.2) is 12.0 Å². The van der Waals surface area contributed by atoms with Gasteiger partial charge in [0.25, 0.3) is 0 Å². The quantitative estimate of drug-likeness (QED) is 0.577. The minimum atomic E-state index is -0.316. The van der Waals surface area contributed by atoms with Crippen molar-refractivity contribution in [2.24, 2.45) is 5.92 Å². The van der Waals surface area contributed by atoms with Crippen molar-refractivity contribution in [3.63, 3.8) is 0 Å². The summed E-state index contributed by atoms with van der Waals surface area (Å²) in [7, 11) is 0. The Morgan fingerprint density at radius 3 is 2.65 bits per heavy atom. The zero-order chi connectivity index (χ0) is 14.4. The maximum Gasteiger partial charge on any atom is 0.128 e. The summed E-state index contributed by atoms with van der Waals surface area (Å²) in [4.78, 5) is 0. The molecule has 0 aliphatic heterocycles. The van der Waals surface area contributed by atoms with Crippen LogP contribution in [0.4, 0.5) is 4.39 Å². The van der Waals surface area contributed by atoms with E-state index >= 15 is 0 Å². The van der Waals surface area contributed by atoms with Gasteiger partial charge in [-0.1, -0.05) is 25.2 Å². The average Bonchev–Trinajstić information content (AvgIpc) is 2.45. The normalized spacial score (nSPS) is 21.9. The molecule has 108 valence electrons. The number of hydrogen-bond acceptors (Lipinski definition) is 1. The molecule has 20 heavy (non-hydrogen) atoms. The number of rotatable bonds is 3. The fraction of sp³-hybridized carbons (Fsp3) is 0.529. The van der Waals surface area contributed by atoms with Crippen molar-refractivity contribution in [2.75, 3.05) is 5.88 Å². The summed E-state index contributed by atoms with van der Waals surface area (Å²) >= 11 is 5.52. The van der Waals surface area contributed by atoms with Crippen LogP contribution in [-0.2, 0) is 0 Å². The molecule has 0 heterocycles. The van der Waals surface area contributed by atoms with E-state index in [2.05, 4.69) is 18.8 Å². The van der Waals surface area contributed by atoms with E-state index in [0.29, 0.717) is 11.3 Å². The molecule has 0 bridgehead atoms. The van der Waals surface area contributed by atoms with Crippen molar-refractivity contribution < 1.29 is 9.13 Å². The van der Waals surface area contributed by atoms with Gasteiger partial charge >= 0.3 is 0 Å². The van der Waals surface area contributed by atoms with Crippen LogP contribution in [0, 0.1) is 23.6 Å². The van der Waals surface area contributed by atoms with Crippen LogP contribution < -0.4 is 4.74 Å². The van der Waals surface area contributed by atoms with Gasteiger partial charge in [0.05, 0.1) is 12.0 Å². The molecule has 0 radical (unpaired) electrons. The van der Waals surface area contributed by atoms with Crippen molar-refractivity contribution >= 4 is 11.6 Å². The first kappa shape index (κ1) is 15.2. The Morgan fingerprint density at radius 2 is 2.00 bits per heavy atom. The van der Waals surface area contributed by atoms with Crippen molar-refractivity contribution in [3.05, 3.63) is 29.6 Å². The van der Waals surface area contributed by atoms with Crippen molar-refractivity contribution in [1.82, 2.24) is 0 Å². The predicted molar refractivity (Wildman–Crippen MR) is 80.7 cm³/mol. The summed E-state index contributed by atoms with van der Waals surface area (Å²) in [6.45, 7) is 2.24. The second-order valence-corrected chi connectivity index (χ2v) is 5.55. The SMILES string of the molecule is CCC1CCC(Oc2cc(F)cc(C#CCCl)c2)CC1. The van der Waals surface area contributed by atoms with Crippen molar-refractivity contribution in [3.8, 4) is 17.6 Å². The molecule has 1 saturated carbocycles. The van der Waals surface area contributed by atoms with Crippen molar-refractivity contribution in [1.29, 1.82) is 0 Å². The second kappa shape index (κ2) is 7.55. The number of ether oxygens (including phenoxy) is 1. The van der Waals surface area contributed by atoms with Gasteiger partial charge in [-0.3, -0.25) is 0 Å². The molecule has 1 aromatic carbocycles. The molecule has 1 aliphatic rings. The molecule has 2 rings (SSSR count). The minimum Gasteiger partial charge on any atom is -0.490 e. The van der Waals surface area contributed by atoms with Crippen LogP contribution in [0.1, 0.15) is 44.6 Å². The third kappa shape index (κ3) is 4.42. The van der Waals surface area contributed by atoms with Gasteiger partial charge in [-0.25, -0.2) is 4.39 Å². The summed E-state index contributed by atoms with van der Waals surface area (Å²) in [5.74, 6) is 6.88. The summed E-state index contributed by atoms with van der Waals surface area (Å²) in [6, 6.07) is 4.62. The minimum absolute atomic E-state index is 0.202. The average molecular weight is 295 g/mol. The molecular weight excluding hydrogens is 275 g/mol. The second-order valence-electron chi connectivity index (χ2n) is 5.28. The first-order chi connectivity index (χ1) is 9.71. The molecule has 0 spiro atoms. The zero-order valence-electron chi connectivity index (χ0n) is 11.8. The van der Waals surface area contributed by atoms with Crippen LogP contribution in [0.5, 0.6) is 5.75 Å². The molecular formula is C17H20ClFO. The fourth-order valence-corrected chi connectivity index (χ4v) is 2.76. The molecule has 1 aliphatic carbocycles. The zero-order valence-corrected chi connectivity index (χ0v) is 12.5. The van der Waals surface area contributed by atoms with E-state index in [-0.39, 0.29) is 17.8 Å². The largest absolute Gasteiger partial charge is 0.490 e. The van der Waals surface area contributed by atoms with E-state index in [1.165, 1.54) is 31.4 Å². The summed E-state index contributed by atoms with van der Waals surface area (Å²) in [5.41, 5.74) is 0.614. The van der Waals surface area contributed by atoms with E-state index in [4.69, 9.17) is 16.3 Å². The molecule has 1 aromatic rings. The first-order valence-corrected chi connectivity index (χ1v) is 7.76. The van der Waals surface area contributed by atoms with Gasteiger partial charge in [0.2, 0.25) is 0 Å². The van der Waals surface area contributed by atoms with E-state index < -0.39 is 0 Å². The maximum atomic E-state index is 13.5. The standard InChI is InChI=1S/C17H20ClFO/c1-2-13-5-7-16(8-6-13)20-17-11-14(4-3-9-18)10-15(19)12-17/h10-13,16H,2,5-9H2,1H3. The van der Waals surface area contributed by atoms with Gasteiger partial charge in [0.15, 0.2) is 0 Å². The highest BCUT2D eigenvalue weighted by Crippen LogP contribution is 2.29. The molecule has 0 amide bonds. The van der Waals surface area contributed by atoms with Crippen LogP contribution >= 0.6 is 11.6 Å². The molecule has 3 heteroatoms. The van der Waals surface area contributed by atoms with Gasteiger partial charge in [-0.15, -0.1) is 11.6 Å². The third-order valence-electron chi connectivity index (χ3n) is 3.84. The van der Waals surface area contributed by atoms with Gasteiger partial charge < -0.3 is 4.74 Å². The lowest BCUT2D eigenvalue weighted by Gasteiger charge is -2.28. The molecule has 0 N–H and O–H groups in total. The smallest absolute Gasteiger partial charge is 0.128 e. The summed E-state index contributed by atoms with van der Waals surface area (Å²) in [6.07, 6.45) is 5.96. The number of halogens is 2. The monoisotopic (exact) mass is 294 g/mol. The Balaban J connectivity index is 2.00. The highest BCUT2D eigenvalue weighted by Gasteiger charge is 2.21. The lowest BCUT2D eigenvalue weighted by molar-refractivity contribution is 0.129. The number of alkyl halides is 1. The predicted octanol–water partition coefficient (Wildman–Crippen LogP) is 4.76. The lowest BCUT2D eigenvalue weighted by atomic mass is 9.86. The first-order valence-electron chi connectivity index (χ1n) is 7.23. The molecule has 0 aromatic heterocycles. The van der Waals surface area contributed by atoms with E-state index in [9.17, 15) is 4.39 Å². The van der Waals surface area contributed by atoms with E-state index in [1.807, 2.05) is 0 Å². The molecule has 0 atom stereocenters. The molecule has 1 nitrogen and oxygen atoms in total. The fourth-order valence-electron chi connectivity index (χ4n) is 2.69. The van der Waals surface area contributed by atoms with E-state index in [0.717, 1.165) is 18.8 Å². The highest BCUT2D eigenvalue weighted by molar-refractivity contribution is 6.19. The molecule has 1 fully saturated rings. The Labute approximate surface area is 125 Å².